The molecule has 1 fully saturated rings. The molecule has 0 bridgehead atoms. The highest BCUT2D eigenvalue weighted by Gasteiger charge is 2.19. The molecule has 1 aromatic carbocycles. The summed E-state index contributed by atoms with van der Waals surface area (Å²) < 4.78 is 1.93. The third kappa shape index (κ3) is 3.67. The molecule has 2 aromatic rings. The average molecular weight is 255 g/mol. The van der Waals surface area contributed by atoms with Crippen LogP contribution in [-0.4, -0.2) is 16.3 Å². The number of nitrogens with one attached hydrogen (secondary N) is 1. The summed E-state index contributed by atoms with van der Waals surface area (Å²) in [5.41, 5.74) is 2.22. The summed E-state index contributed by atoms with van der Waals surface area (Å²) in [4.78, 5) is 0. The van der Waals surface area contributed by atoms with Gasteiger partial charge in [0.2, 0.25) is 0 Å². The Morgan fingerprint density at radius 2 is 2.00 bits per heavy atom. The zero-order valence-electron chi connectivity index (χ0n) is 11.3. The minimum atomic E-state index is 0.866. The standard InChI is InChI=1S/C16H21N3/c1-2-6-16(7-3-1)19-12-10-15(18-19)13-17-11-4-5-14-8-9-14/h1-3,6-7,10,12,14,17H,4-5,8-9,11,13H2. The highest BCUT2D eigenvalue weighted by molar-refractivity contribution is 5.30. The van der Waals surface area contributed by atoms with Crippen molar-refractivity contribution in [2.75, 3.05) is 6.54 Å². The Bertz CT molecular complexity index is 500. The summed E-state index contributed by atoms with van der Waals surface area (Å²) in [5.74, 6) is 1.04. The van der Waals surface area contributed by atoms with Gasteiger partial charge in [-0.25, -0.2) is 4.68 Å². The Kier molecular flexibility index (Phi) is 3.94. The Labute approximate surface area is 114 Å². The molecule has 0 aliphatic heterocycles. The van der Waals surface area contributed by atoms with E-state index in [1.54, 1.807) is 0 Å². The number of rotatable bonds is 7. The van der Waals surface area contributed by atoms with Crippen LogP contribution in [0.15, 0.2) is 42.6 Å². The Morgan fingerprint density at radius 1 is 1.16 bits per heavy atom. The smallest absolute Gasteiger partial charge is 0.0766 e. The van der Waals surface area contributed by atoms with Crippen LogP contribution >= 0.6 is 0 Å². The van der Waals surface area contributed by atoms with Crippen molar-refractivity contribution < 1.29 is 0 Å². The fourth-order valence-corrected chi connectivity index (χ4v) is 2.32. The van der Waals surface area contributed by atoms with Gasteiger partial charge in [0.15, 0.2) is 0 Å². The Balaban J connectivity index is 1.45. The third-order valence-corrected chi connectivity index (χ3v) is 3.63. The molecule has 0 unspecified atom stereocenters. The number of hydrogen-bond acceptors (Lipinski definition) is 2. The quantitative estimate of drug-likeness (QED) is 0.770. The lowest BCUT2D eigenvalue weighted by molar-refractivity contribution is 0.587. The number of benzene rings is 1. The van der Waals surface area contributed by atoms with Crippen molar-refractivity contribution in [3.05, 3.63) is 48.3 Å². The van der Waals surface area contributed by atoms with E-state index in [1.165, 1.54) is 25.7 Å². The van der Waals surface area contributed by atoms with Crippen molar-refractivity contribution in [1.29, 1.82) is 0 Å². The van der Waals surface area contributed by atoms with Crippen LogP contribution in [0, 0.1) is 5.92 Å². The van der Waals surface area contributed by atoms with Crippen LogP contribution in [-0.2, 0) is 6.54 Å². The van der Waals surface area contributed by atoms with Crippen LogP contribution in [0.2, 0.25) is 0 Å². The van der Waals surface area contributed by atoms with Gasteiger partial charge in [0.1, 0.15) is 0 Å². The van der Waals surface area contributed by atoms with E-state index in [0.717, 1.165) is 30.4 Å². The minimum absolute atomic E-state index is 0.866. The predicted molar refractivity (Wildman–Crippen MR) is 77.2 cm³/mol. The van der Waals surface area contributed by atoms with Gasteiger partial charge in [-0.2, -0.15) is 5.10 Å². The predicted octanol–water partition coefficient (Wildman–Crippen LogP) is 3.15. The zero-order chi connectivity index (χ0) is 12.9. The first-order valence-electron chi connectivity index (χ1n) is 7.22. The van der Waals surface area contributed by atoms with E-state index >= 15 is 0 Å². The summed E-state index contributed by atoms with van der Waals surface area (Å²) >= 11 is 0. The normalized spacial score (nSPS) is 14.7. The van der Waals surface area contributed by atoms with E-state index in [9.17, 15) is 0 Å². The van der Waals surface area contributed by atoms with E-state index in [4.69, 9.17) is 0 Å². The summed E-state index contributed by atoms with van der Waals surface area (Å²) in [5, 5.41) is 8.05. The van der Waals surface area contributed by atoms with Crippen molar-refractivity contribution in [2.24, 2.45) is 5.92 Å². The molecule has 1 aliphatic rings. The molecule has 19 heavy (non-hydrogen) atoms. The van der Waals surface area contributed by atoms with Crippen LogP contribution in [0.5, 0.6) is 0 Å². The maximum absolute atomic E-state index is 4.58. The highest BCUT2D eigenvalue weighted by Crippen LogP contribution is 2.33. The van der Waals surface area contributed by atoms with E-state index in [-0.39, 0.29) is 0 Å². The molecular weight excluding hydrogens is 234 g/mol. The highest BCUT2D eigenvalue weighted by atomic mass is 15.3. The molecular formula is C16H21N3. The van der Waals surface area contributed by atoms with E-state index in [2.05, 4.69) is 28.6 Å². The van der Waals surface area contributed by atoms with Gasteiger partial charge in [-0.05, 0) is 43.5 Å². The van der Waals surface area contributed by atoms with E-state index in [1.807, 2.05) is 29.1 Å². The molecule has 0 amide bonds. The maximum atomic E-state index is 4.58. The minimum Gasteiger partial charge on any atom is -0.311 e. The van der Waals surface area contributed by atoms with Crippen LogP contribution in [0.25, 0.3) is 5.69 Å². The summed E-state index contributed by atoms with van der Waals surface area (Å²) in [6.45, 7) is 1.97. The van der Waals surface area contributed by atoms with Crippen LogP contribution < -0.4 is 5.32 Å². The molecule has 1 aliphatic carbocycles. The monoisotopic (exact) mass is 255 g/mol. The van der Waals surface area contributed by atoms with Crippen molar-refractivity contribution in [3.63, 3.8) is 0 Å². The SMILES string of the molecule is c1ccc(-n2ccc(CNCCCC3CC3)n2)cc1. The fourth-order valence-electron chi connectivity index (χ4n) is 2.32. The van der Waals surface area contributed by atoms with Gasteiger partial charge >= 0.3 is 0 Å². The van der Waals surface area contributed by atoms with Gasteiger partial charge in [-0.15, -0.1) is 0 Å². The largest absolute Gasteiger partial charge is 0.311 e. The number of nitrogens with zero attached hydrogens (tertiary/aromatic N) is 2. The lowest BCUT2D eigenvalue weighted by Gasteiger charge is -2.02. The number of para-hydroxylation sites is 1. The van der Waals surface area contributed by atoms with Crippen molar-refractivity contribution >= 4 is 0 Å². The van der Waals surface area contributed by atoms with Gasteiger partial charge in [0.25, 0.3) is 0 Å². The third-order valence-electron chi connectivity index (χ3n) is 3.63. The molecule has 0 radical (unpaired) electrons. The average Bonchev–Trinajstić information content (AvgIpc) is 3.16. The Morgan fingerprint density at radius 3 is 2.79 bits per heavy atom. The Hall–Kier alpha value is -1.61. The summed E-state index contributed by atoms with van der Waals surface area (Å²) in [6, 6.07) is 12.3. The van der Waals surface area contributed by atoms with Gasteiger partial charge in [0, 0.05) is 12.7 Å². The first-order valence-corrected chi connectivity index (χ1v) is 7.22. The summed E-state index contributed by atoms with van der Waals surface area (Å²) in [6.07, 6.45) is 7.63. The zero-order valence-corrected chi connectivity index (χ0v) is 11.3. The van der Waals surface area contributed by atoms with Gasteiger partial charge in [0.05, 0.1) is 11.4 Å². The number of aromatic nitrogens is 2. The van der Waals surface area contributed by atoms with E-state index in [0.29, 0.717) is 0 Å². The molecule has 1 aromatic heterocycles. The van der Waals surface area contributed by atoms with Crippen LogP contribution in [0.1, 0.15) is 31.4 Å². The maximum Gasteiger partial charge on any atom is 0.0766 e. The van der Waals surface area contributed by atoms with Crippen molar-refractivity contribution in [2.45, 2.75) is 32.2 Å². The molecule has 100 valence electrons. The second kappa shape index (κ2) is 6.02. The van der Waals surface area contributed by atoms with Crippen LogP contribution in [0.4, 0.5) is 0 Å². The van der Waals surface area contributed by atoms with Crippen molar-refractivity contribution in [1.82, 2.24) is 15.1 Å². The molecule has 1 heterocycles. The van der Waals surface area contributed by atoms with Gasteiger partial charge in [-0.1, -0.05) is 31.0 Å². The molecule has 3 rings (SSSR count). The second-order valence-corrected chi connectivity index (χ2v) is 5.35. The summed E-state index contributed by atoms with van der Waals surface area (Å²) in [7, 11) is 0. The lowest BCUT2D eigenvalue weighted by Crippen LogP contribution is -2.15. The van der Waals surface area contributed by atoms with E-state index < -0.39 is 0 Å². The van der Waals surface area contributed by atoms with Gasteiger partial charge < -0.3 is 5.32 Å². The first-order chi connectivity index (χ1) is 9.42. The first kappa shape index (κ1) is 12.4. The topological polar surface area (TPSA) is 29.9 Å². The lowest BCUT2D eigenvalue weighted by atomic mass is 10.2. The fraction of sp³-hybridized carbons (Fsp3) is 0.438. The van der Waals surface area contributed by atoms with Gasteiger partial charge in [-0.3, -0.25) is 0 Å². The molecule has 1 saturated carbocycles. The molecule has 0 saturated heterocycles. The molecule has 3 heteroatoms. The second-order valence-electron chi connectivity index (χ2n) is 5.35. The molecule has 1 N–H and O–H groups in total. The van der Waals surface area contributed by atoms with Crippen LogP contribution in [0.3, 0.4) is 0 Å². The molecule has 3 nitrogen and oxygen atoms in total. The number of hydrogen-bond donors (Lipinski definition) is 1. The molecule has 0 spiro atoms. The van der Waals surface area contributed by atoms with Crippen molar-refractivity contribution in [3.8, 4) is 5.69 Å². The molecule has 0 atom stereocenters.